The van der Waals surface area contributed by atoms with E-state index in [-0.39, 0.29) is 29.9 Å². The maximum Gasteiger partial charge on any atom is 0.324 e. The smallest absolute Gasteiger partial charge is 0.324 e. The molecule has 4 aliphatic rings. The lowest BCUT2D eigenvalue weighted by Gasteiger charge is -2.28. The summed E-state index contributed by atoms with van der Waals surface area (Å²) in [4.78, 5) is 74.0. The lowest BCUT2D eigenvalue weighted by atomic mass is 10.1. The molecule has 1 unspecified atom stereocenters. The average Bonchev–Trinajstić information content (AvgIpc) is 4.09. The second-order valence-electron chi connectivity index (χ2n) is 17.4. The predicted octanol–water partition coefficient (Wildman–Crippen LogP) is 7.91. The number of carbonyl (C=O) groups excluding carboxylic acids is 5. The van der Waals surface area contributed by atoms with E-state index >= 15 is 0 Å². The van der Waals surface area contributed by atoms with Crippen LogP contribution in [0.15, 0.2) is 150 Å². The summed E-state index contributed by atoms with van der Waals surface area (Å²) in [5.41, 5.74) is 4.94. The van der Waals surface area contributed by atoms with Gasteiger partial charge in [0.05, 0.1) is 4.47 Å². The monoisotopic (exact) mass is 1070 g/mol. The van der Waals surface area contributed by atoms with Crippen LogP contribution in [0.2, 0.25) is 0 Å². The van der Waals surface area contributed by atoms with Gasteiger partial charge in [0, 0.05) is 79.0 Å². The second-order valence-corrected chi connectivity index (χ2v) is 18.2. The Labute approximate surface area is 439 Å². The summed E-state index contributed by atoms with van der Waals surface area (Å²) in [7, 11) is 5.27. The summed E-state index contributed by atoms with van der Waals surface area (Å²) < 4.78 is 24.2. The maximum atomic E-state index is 12.5. The van der Waals surface area contributed by atoms with Crippen LogP contribution in [0.3, 0.4) is 0 Å². The highest BCUT2D eigenvalue weighted by atomic mass is 79.9. The van der Waals surface area contributed by atoms with E-state index in [1.807, 2.05) is 140 Å². The van der Waals surface area contributed by atoms with Crippen molar-refractivity contribution in [3.05, 3.63) is 172 Å². The fourth-order valence-electron chi connectivity index (χ4n) is 7.69. The molecule has 19 heteroatoms. The molecular weight excluding hydrogens is 1010 g/mol. The third-order valence-corrected chi connectivity index (χ3v) is 12.5. The quantitative estimate of drug-likeness (QED) is 0.101. The first kappa shape index (κ1) is 53.6. The molecule has 6 heterocycles. The lowest BCUT2D eigenvalue weighted by Crippen LogP contribution is -2.53. The SMILES string of the molecule is Brc1ccc(OCc2ccccc2)nc1OCc1ccccc1.CN1CCN(C2CCC(=O)NC2=O)C1=O.CN1CCN(c2ccc(OCc3ccccc3)nc2OCc2ccccc2)C1=O.CN1CCNC1=O. The molecule has 0 aliphatic carbocycles. The Morgan fingerprint density at radius 2 is 1.00 bits per heavy atom. The summed E-state index contributed by atoms with van der Waals surface area (Å²) in [6.45, 7) is 5.83. The number of rotatable bonds is 14. The number of likely N-dealkylation sites (N-methyl/N-ethyl adjacent to an activating group) is 3. The van der Waals surface area contributed by atoms with Crippen LogP contribution in [0.4, 0.5) is 20.1 Å². The Morgan fingerprint density at radius 3 is 1.43 bits per heavy atom. The molecule has 1 atom stereocenters. The zero-order valence-corrected chi connectivity index (χ0v) is 43.2. The zero-order chi connectivity index (χ0) is 52.2. The van der Waals surface area contributed by atoms with Crippen molar-refractivity contribution in [2.45, 2.75) is 45.3 Å². The zero-order valence-electron chi connectivity index (χ0n) is 41.6. The van der Waals surface area contributed by atoms with Crippen LogP contribution in [0.25, 0.3) is 0 Å². The molecule has 8 amide bonds. The molecular formula is C55H60BrN9O9. The van der Waals surface area contributed by atoms with Crippen molar-refractivity contribution in [1.29, 1.82) is 0 Å². The Hall–Kier alpha value is -8.19. The summed E-state index contributed by atoms with van der Waals surface area (Å²) in [6.07, 6.45) is 0.744. The molecule has 4 fully saturated rings. The summed E-state index contributed by atoms with van der Waals surface area (Å²) >= 11 is 3.46. The van der Waals surface area contributed by atoms with E-state index in [9.17, 15) is 24.0 Å². The Bertz CT molecular complexity index is 2800. The van der Waals surface area contributed by atoms with Crippen molar-refractivity contribution in [3.8, 4) is 23.5 Å². The van der Waals surface area contributed by atoms with Crippen LogP contribution >= 0.6 is 15.9 Å². The largest absolute Gasteiger partial charge is 0.473 e. The van der Waals surface area contributed by atoms with Crippen molar-refractivity contribution < 1.29 is 42.9 Å². The molecule has 6 aromatic rings. The number of piperidine rings is 1. The number of nitrogens with zero attached hydrogens (tertiary/aromatic N) is 7. The number of nitrogens with one attached hydrogen (secondary N) is 2. The highest BCUT2D eigenvalue weighted by molar-refractivity contribution is 9.10. The molecule has 386 valence electrons. The highest BCUT2D eigenvalue weighted by Crippen LogP contribution is 2.32. The summed E-state index contributed by atoms with van der Waals surface area (Å²) in [5.74, 6) is 1.31. The van der Waals surface area contributed by atoms with Crippen LogP contribution in [-0.2, 0) is 36.0 Å². The number of halogens is 1. The van der Waals surface area contributed by atoms with E-state index in [1.54, 1.807) is 46.8 Å². The van der Waals surface area contributed by atoms with E-state index in [2.05, 4.69) is 36.5 Å². The van der Waals surface area contributed by atoms with Gasteiger partial charge in [-0.2, -0.15) is 9.97 Å². The number of amides is 8. The molecule has 0 saturated carbocycles. The maximum absolute atomic E-state index is 12.5. The topological polar surface area (TPSA) is 188 Å². The van der Waals surface area contributed by atoms with Gasteiger partial charge >= 0.3 is 18.1 Å². The number of carbonyl (C=O) groups is 5. The average molecular weight is 1070 g/mol. The molecule has 0 spiro atoms. The second kappa shape index (κ2) is 27.0. The summed E-state index contributed by atoms with van der Waals surface area (Å²) in [5, 5.41) is 4.91. The first-order chi connectivity index (χ1) is 35.9. The standard InChI is InChI=1S/C23H23N3O3.C19H16BrNO2.C9H13N3O3.C4H8N2O/c1-25-14-15-26(23(25)27)20-12-13-21(28-16-18-8-4-2-5-9-18)24-22(20)29-17-19-10-6-3-7-11-19;20-17-11-12-18(22-13-15-7-3-1-4-8-15)21-19(17)23-14-16-9-5-2-6-10-16;1-11-4-5-12(9(11)15)6-2-3-7(13)10-8(6)14;1-6-3-2-5-4(6)7/h2-13H,14-17H2,1H3;1-12H,13-14H2;6H,2-5H2,1H3,(H,10,13,14);2-3H2,1H3,(H,5,7). The van der Waals surface area contributed by atoms with Gasteiger partial charge in [0.2, 0.25) is 35.3 Å². The number of urea groups is 3. The van der Waals surface area contributed by atoms with Crippen LogP contribution in [0, 0.1) is 0 Å². The summed E-state index contributed by atoms with van der Waals surface area (Å²) in [6, 6.07) is 46.5. The third-order valence-electron chi connectivity index (χ3n) is 11.9. The Balaban J connectivity index is 0.000000158. The van der Waals surface area contributed by atoms with E-state index in [1.165, 1.54) is 4.90 Å². The van der Waals surface area contributed by atoms with E-state index in [4.69, 9.17) is 18.9 Å². The molecule has 4 saturated heterocycles. The van der Waals surface area contributed by atoms with Gasteiger partial charge in [-0.3, -0.25) is 19.8 Å². The number of imide groups is 1. The Kier molecular flexibility index (Phi) is 19.6. The highest BCUT2D eigenvalue weighted by Gasteiger charge is 2.38. The molecule has 74 heavy (non-hydrogen) atoms. The number of ether oxygens (including phenoxy) is 4. The van der Waals surface area contributed by atoms with Gasteiger partial charge < -0.3 is 43.9 Å². The van der Waals surface area contributed by atoms with Gasteiger partial charge in [-0.15, -0.1) is 0 Å². The van der Waals surface area contributed by atoms with E-state index in [0.29, 0.717) is 94.7 Å². The minimum atomic E-state index is -0.472. The number of anilines is 1. The van der Waals surface area contributed by atoms with Gasteiger partial charge in [0.1, 0.15) is 38.2 Å². The fourth-order valence-corrected chi connectivity index (χ4v) is 8.02. The number of aromatic nitrogens is 2. The Morgan fingerprint density at radius 1 is 0.527 bits per heavy atom. The molecule has 4 aromatic carbocycles. The minimum Gasteiger partial charge on any atom is -0.473 e. The van der Waals surface area contributed by atoms with Crippen molar-refractivity contribution in [3.63, 3.8) is 0 Å². The number of pyridine rings is 2. The molecule has 0 bridgehead atoms. The van der Waals surface area contributed by atoms with Crippen LogP contribution in [0.5, 0.6) is 23.5 Å². The fraction of sp³-hybridized carbons (Fsp3) is 0.291. The van der Waals surface area contributed by atoms with Crippen molar-refractivity contribution in [2.24, 2.45) is 0 Å². The van der Waals surface area contributed by atoms with Crippen molar-refractivity contribution >= 4 is 51.5 Å². The normalized spacial score (nSPS) is 16.0. The minimum absolute atomic E-state index is 0.0417. The number of hydrogen-bond donors (Lipinski definition) is 2. The predicted molar refractivity (Wildman–Crippen MR) is 282 cm³/mol. The molecule has 4 aliphatic heterocycles. The number of hydrogen-bond acceptors (Lipinski definition) is 11. The first-order valence-corrected chi connectivity index (χ1v) is 24.9. The van der Waals surface area contributed by atoms with Crippen molar-refractivity contribution in [1.82, 2.24) is 40.2 Å². The van der Waals surface area contributed by atoms with Gasteiger partial charge in [-0.25, -0.2) is 14.4 Å². The van der Waals surface area contributed by atoms with Gasteiger partial charge in [0.15, 0.2) is 0 Å². The van der Waals surface area contributed by atoms with Crippen LogP contribution in [-0.4, -0.2) is 126 Å². The molecule has 2 aromatic heterocycles. The third kappa shape index (κ3) is 15.7. The first-order valence-electron chi connectivity index (χ1n) is 24.1. The number of benzene rings is 4. The van der Waals surface area contributed by atoms with Crippen LogP contribution < -0.4 is 34.5 Å². The van der Waals surface area contributed by atoms with Gasteiger partial charge in [-0.05, 0) is 56.7 Å². The van der Waals surface area contributed by atoms with Crippen LogP contribution in [0.1, 0.15) is 35.1 Å². The molecule has 18 nitrogen and oxygen atoms in total. The molecule has 0 radical (unpaired) electrons. The lowest BCUT2D eigenvalue weighted by molar-refractivity contribution is -0.136. The van der Waals surface area contributed by atoms with Gasteiger partial charge in [0.25, 0.3) is 0 Å². The molecule has 10 rings (SSSR count). The van der Waals surface area contributed by atoms with E-state index in [0.717, 1.165) is 39.8 Å². The van der Waals surface area contributed by atoms with E-state index < -0.39 is 6.04 Å². The molecule has 2 N–H and O–H groups in total. The van der Waals surface area contributed by atoms with Crippen molar-refractivity contribution in [2.75, 3.05) is 65.3 Å². The van der Waals surface area contributed by atoms with Gasteiger partial charge in [-0.1, -0.05) is 121 Å².